The molecular formula is C15H12N2O8. The van der Waals surface area contributed by atoms with Gasteiger partial charge in [0.2, 0.25) is 0 Å². The minimum atomic E-state index is -1.64. The molecule has 0 saturated carbocycles. The molecule has 0 saturated heterocycles. The summed E-state index contributed by atoms with van der Waals surface area (Å²) < 4.78 is 4.98. The summed E-state index contributed by atoms with van der Waals surface area (Å²) >= 11 is 0. The van der Waals surface area contributed by atoms with Gasteiger partial charge in [-0.15, -0.1) is 0 Å². The molecule has 130 valence electrons. The number of carboxylic acids is 3. The van der Waals surface area contributed by atoms with Crippen molar-refractivity contribution in [1.82, 2.24) is 4.98 Å². The lowest BCUT2D eigenvalue weighted by Gasteiger charge is -2.13. The third-order valence-corrected chi connectivity index (χ3v) is 3.16. The first-order valence-corrected chi connectivity index (χ1v) is 6.69. The van der Waals surface area contributed by atoms with Gasteiger partial charge >= 0.3 is 17.9 Å². The predicted molar refractivity (Wildman–Crippen MR) is 84.0 cm³/mol. The molecule has 10 heteroatoms. The van der Waals surface area contributed by atoms with Crippen molar-refractivity contribution in [1.29, 1.82) is 0 Å². The lowest BCUT2D eigenvalue weighted by Crippen LogP contribution is -2.24. The predicted octanol–water partition coefficient (Wildman–Crippen LogP) is 0.484. The van der Waals surface area contributed by atoms with E-state index in [-0.39, 0.29) is 11.3 Å². The molecule has 0 spiro atoms. The van der Waals surface area contributed by atoms with Gasteiger partial charge in [-0.25, -0.2) is 14.4 Å². The third-order valence-electron chi connectivity index (χ3n) is 3.16. The number of pyridine rings is 1. The van der Waals surface area contributed by atoms with Crippen LogP contribution in [-0.2, 0) is 4.79 Å². The number of nitrogen functional groups attached to an aromatic ring is 1. The van der Waals surface area contributed by atoms with E-state index in [0.717, 1.165) is 0 Å². The molecule has 0 unspecified atom stereocenters. The average molecular weight is 348 g/mol. The second-order valence-corrected chi connectivity index (χ2v) is 4.81. The van der Waals surface area contributed by atoms with Crippen LogP contribution in [0.15, 0.2) is 29.1 Å². The highest BCUT2D eigenvalue weighted by Gasteiger charge is 2.26. The Balaban J connectivity index is 2.75. The van der Waals surface area contributed by atoms with E-state index in [4.69, 9.17) is 15.6 Å². The molecule has 2 rings (SSSR count). The maximum Gasteiger partial charge on any atom is 0.342 e. The zero-order chi connectivity index (χ0) is 18.7. The van der Waals surface area contributed by atoms with Gasteiger partial charge in [0, 0.05) is 5.56 Å². The normalized spacial score (nSPS) is 10.2. The SMILES string of the molecule is Nc1[nH]c(=O)c(C(=O)O)c(-c2cccc(OCC(=O)O)c2)c1C(=O)O. The van der Waals surface area contributed by atoms with Crippen LogP contribution in [0.3, 0.4) is 0 Å². The second kappa shape index (κ2) is 6.74. The van der Waals surface area contributed by atoms with Crippen molar-refractivity contribution in [3.05, 3.63) is 45.7 Å². The van der Waals surface area contributed by atoms with Crippen LogP contribution in [0.5, 0.6) is 5.75 Å². The molecule has 0 fully saturated rings. The van der Waals surface area contributed by atoms with Gasteiger partial charge in [-0.3, -0.25) is 4.79 Å². The first kappa shape index (κ1) is 17.5. The molecule has 6 N–H and O–H groups in total. The Morgan fingerprint density at radius 2 is 1.72 bits per heavy atom. The lowest BCUT2D eigenvalue weighted by molar-refractivity contribution is -0.139. The van der Waals surface area contributed by atoms with Crippen LogP contribution in [0.2, 0.25) is 0 Å². The fourth-order valence-corrected chi connectivity index (χ4v) is 2.22. The third kappa shape index (κ3) is 3.58. The maximum absolute atomic E-state index is 11.9. The van der Waals surface area contributed by atoms with E-state index in [1.165, 1.54) is 24.3 Å². The number of anilines is 1. The Hall–Kier alpha value is -3.82. The van der Waals surface area contributed by atoms with Gasteiger partial charge in [-0.2, -0.15) is 0 Å². The smallest absolute Gasteiger partial charge is 0.342 e. The van der Waals surface area contributed by atoms with Gasteiger partial charge in [0.25, 0.3) is 5.56 Å². The number of hydrogen-bond donors (Lipinski definition) is 5. The summed E-state index contributed by atoms with van der Waals surface area (Å²) in [5.41, 5.74) is 2.69. The molecule has 0 aliphatic rings. The molecule has 0 atom stereocenters. The van der Waals surface area contributed by atoms with Crippen LogP contribution in [0.1, 0.15) is 20.7 Å². The summed E-state index contributed by atoms with van der Waals surface area (Å²) in [7, 11) is 0. The highest BCUT2D eigenvalue weighted by molar-refractivity contribution is 6.07. The van der Waals surface area contributed by atoms with E-state index < -0.39 is 52.6 Å². The van der Waals surface area contributed by atoms with Crippen molar-refractivity contribution in [3.8, 4) is 16.9 Å². The number of ether oxygens (including phenoxy) is 1. The molecule has 0 amide bonds. The van der Waals surface area contributed by atoms with Crippen LogP contribution in [0.25, 0.3) is 11.1 Å². The van der Waals surface area contributed by atoms with Crippen molar-refractivity contribution in [2.45, 2.75) is 0 Å². The Labute approximate surface area is 139 Å². The summed E-state index contributed by atoms with van der Waals surface area (Å²) in [5.74, 6) is -4.87. The summed E-state index contributed by atoms with van der Waals surface area (Å²) in [6, 6.07) is 5.35. The first-order chi connectivity index (χ1) is 11.7. The second-order valence-electron chi connectivity index (χ2n) is 4.81. The summed E-state index contributed by atoms with van der Waals surface area (Å²) in [6.07, 6.45) is 0. The number of aromatic carboxylic acids is 2. The topological polar surface area (TPSA) is 180 Å². The van der Waals surface area contributed by atoms with Gasteiger partial charge in [-0.1, -0.05) is 12.1 Å². The Morgan fingerprint density at radius 1 is 1.08 bits per heavy atom. The summed E-state index contributed by atoms with van der Waals surface area (Å²) in [5, 5.41) is 27.3. The number of nitrogens with one attached hydrogen (secondary N) is 1. The molecule has 0 aliphatic heterocycles. The number of rotatable bonds is 6. The summed E-state index contributed by atoms with van der Waals surface area (Å²) in [4.78, 5) is 47.4. The van der Waals surface area contributed by atoms with Gasteiger partial charge in [0.05, 0.1) is 0 Å². The number of nitrogens with two attached hydrogens (primary N) is 1. The van der Waals surface area contributed by atoms with Crippen molar-refractivity contribution in [2.75, 3.05) is 12.3 Å². The van der Waals surface area contributed by atoms with Gasteiger partial charge < -0.3 is 30.8 Å². The molecule has 0 radical (unpaired) electrons. The van der Waals surface area contributed by atoms with E-state index >= 15 is 0 Å². The van der Waals surface area contributed by atoms with Crippen molar-refractivity contribution < 1.29 is 34.4 Å². The highest BCUT2D eigenvalue weighted by atomic mass is 16.5. The maximum atomic E-state index is 11.9. The summed E-state index contributed by atoms with van der Waals surface area (Å²) in [6.45, 7) is -0.654. The number of aromatic amines is 1. The Morgan fingerprint density at radius 3 is 2.28 bits per heavy atom. The molecule has 2 aromatic rings. The number of benzene rings is 1. The molecule has 1 heterocycles. The van der Waals surface area contributed by atoms with Crippen LogP contribution in [0.4, 0.5) is 5.82 Å². The number of carboxylic acid groups (broad SMARTS) is 3. The Bertz CT molecular complexity index is 932. The largest absolute Gasteiger partial charge is 0.482 e. The van der Waals surface area contributed by atoms with Crippen LogP contribution in [-0.4, -0.2) is 44.8 Å². The zero-order valence-corrected chi connectivity index (χ0v) is 12.5. The van der Waals surface area contributed by atoms with E-state index in [1.54, 1.807) is 0 Å². The number of carbonyl (C=O) groups is 3. The van der Waals surface area contributed by atoms with Crippen molar-refractivity contribution in [3.63, 3.8) is 0 Å². The van der Waals surface area contributed by atoms with E-state index in [0.29, 0.717) is 0 Å². The minimum absolute atomic E-state index is 0.0236. The minimum Gasteiger partial charge on any atom is -0.482 e. The molecular weight excluding hydrogens is 336 g/mol. The quantitative estimate of drug-likeness (QED) is 0.496. The molecule has 1 aromatic heterocycles. The first-order valence-electron chi connectivity index (χ1n) is 6.69. The van der Waals surface area contributed by atoms with Crippen molar-refractivity contribution in [2.24, 2.45) is 0 Å². The number of H-pyrrole nitrogens is 1. The van der Waals surface area contributed by atoms with Crippen LogP contribution < -0.4 is 16.0 Å². The van der Waals surface area contributed by atoms with E-state index in [9.17, 15) is 29.4 Å². The van der Waals surface area contributed by atoms with E-state index in [1.807, 2.05) is 4.98 Å². The zero-order valence-electron chi connectivity index (χ0n) is 12.5. The van der Waals surface area contributed by atoms with Gasteiger partial charge in [0.1, 0.15) is 22.7 Å². The standard InChI is InChI=1S/C15H12N2O8/c16-12-10(14(21)22)9(11(15(23)24)13(20)17-12)6-2-1-3-7(4-6)25-5-8(18)19/h1-4H,5H2,(H,18,19)(H,21,22)(H,23,24)(H3,16,17,20). The van der Waals surface area contributed by atoms with E-state index in [2.05, 4.69) is 0 Å². The number of hydrogen-bond acceptors (Lipinski definition) is 6. The molecule has 25 heavy (non-hydrogen) atoms. The average Bonchev–Trinajstić information content (AvgIpc) is 2.51. The molecule has 10 nitrogen and oxygen atoms in total. The number of aromatic nitrogens is 1. The Kier molecular flexibility index (Phi) is 4.73. The van der Waals surface area contributed by atoms with Crippen LogP contribution >= 0.6 is 0 Å². The van der Waals surface area contributed by atoms with Crippen LogP contribution in [0, 0.1) is 0 Å². The fourth-order valence-electron chi connectivity index (χ4n) is 2.22. The monoisotopic (exact) mass is 348 g/mol. The van der Waals surface area contributed by atoms with Gasteiger partial charge in [-0.05, 0) is 17.7 Å². The molecule has 0 bridgehead atoms. The molecule has 0 aliphatic carbocycles. The van der Waals surface area contributed by atoms with Gasteiger partial charge in [0.15, 0.2) is 6.61 Å². The lowest BCUT2D eigenvalue weighted by atomic mass is 9.95. The molecule has 1 aromatic carbocycles. The fraction of sp³-hybridized carbons (Fsp3) is 0.0667. The highest BCUT2D eigenvalue weighted by Crippen LogP contribution is 2.31. The van der Waals surface area contributed by atoms with Crippen molar-refractivity contribution >= 4 is 23.7 Å². The number of aliphatic carboxylic acids is 1.